The predicted octanol–water partition coefficient (Wildman–Crippen LogP) is 1.43. The lowest BCUT2D eigenvalue weighted by molar-refractivity contribution is 0.0596. The largest absolute Gasteiger partial charge is 0.465 e. The summed E-state index contributed by atoms with van der Waals surface area (Å²) in [6.07, 6.45) is 0.620. The van der Waals surface area contributed by atoms with Gasteiger partial charge in [0.25, 0.3) is 0 Å². The summed E-state index contributed by atoms with van der Waals surface area (Å²) < 4.78 is 32.4. The van der Waals surface area contributed by atoms with E-state index in [4.69, 9.17) is 5.73 Å². The normalized spacial score (nSPS) is 13.2. The molecule has 22 heavy (non-hydrogen) atoms. The van der Waals surface area contributed by atoms with Crippen LogP contribution in [0.5, 0.6) is 0 Å². The molecule has 0 spiro atoms. The van der Waals surface area contributed by atoms with Gasteiger partial charge in [-0.15, -0.1) is 0 Å². The SMILES string of the molecule is COC(=O)c1cc(C)ccc1S(=O)(=O)NC(CN)CC(C)C. The molecule has 0 bridgehead atoms. The summed E-state index contributed by atoms with van der Waals surface area (Å²) >= 11 is 0. The molecule has 0 radical (unpaired) electrons. The Balaban J connectivity index is 3.19. The molecule has 0 aliphatic heterocycles. The Kier molecular flexibility index (Phi) is 6.52. The van der Waals surface area contributed by atoms with Crippen LogP contribution in [0.15, 0.2) is 23.1 Å². The number of sulfonamides is 1. The number of nitrogens with one attached hydrogen (secondary N) is 1. The van der Waals surface area contributed by atoms with Crippen molar-refractivity contribution in [1.82, 2.24) is 4.72 Å². The summed E-state index contributed by atoms with van der Waals surface area (Å²) in [4.78, 5) is 11.7. The first-order valence-electron chi connectivity index (χ1n) is 7.12. The molecule has 124 valence electrons. The molecule has 1 unspecified atom stereocenters. The third kappa shape index (κ3) is 4.79. The third-order valence-corrected chi connectivity index (χ3v) is 4.77. The fraction of sp³-hybridized carbons (Fsp3) is 0.533. The minimum absolute atomic E-state index is 0.0234. The summed E-state index contributed by atoms with van der Waals surface area (Å²) in [5, 5.41) is 0. The molecule has 1 atom stereocenters. The number of carbonyl (C=O) groups is 1. The summed E-state index contributed by atoms with van der Waals surface area (Å²) in [7, 11) is -2.63. The molecule has 1 aromatic rings. The zero-order valence-corrected chi connectivity index (χ0v) is 14.2. The molecule has 0 heterocycles. The average molecular weight is 328 g/mol. The minimum atomic E-state index is -3.85. The van der Waals surface area contributed by atoms with Crippen molar-refractivity contribution in [3.63, 3.8) is 0 Å². The molecular weight excluding hydrogens is 304 g/mol. The van der Waals surface area contributed by atoms with E-state index in [1.54, 1.807) is 13.0 Å². The number of hydrogen-bond donors (Lipinski definition) is 2. The van der Waals surface area contributed by atoms with Crippen LogP contribution < -0.4 is 10.5 Å². The van der Waals surface area contributed by atoms with E-state index in [0.29, 0.717) is 12.3 Å². The van der Waals surface area contributed by atoms with E-state index in [9.17, 15) is 13.2 Å². The lowest BCUT2D eigenvalue weighted by atomic mass is 10.1. The van der Waals surface area contributed by atoms with E-state index in [1.807, 2.05) is 13.8 Å². The number of carbonyl (C=O) groups excluding carboxylic acids is 1. The van der Waals surface area contributed by atoms with Gasteiger partial charge in [0.2, 0.25) is 10.0 Å². The van der Waals surface area contributed by atoms with Crippen LogP contribution in [0.25, 0.3) is 0 Å². The molecule has 1 aromatic carbocycles. The molecule has 0 aliphatic carbocycles. The van der Waals surface area contributed by atoms with Crippen LogP contribution in [-0.4, -0.2) is 34.1 Å². The van der Waals surface area contributed by atoms with Gasteiger partial charge in [0.15, 0.2) is 0 Å². The number of benzene rings is 1. The smallest absolute Gasteiger partial charge is 0.339 e. The second kappa shape index (κ2) is 7.71. The molecule has 7 heteroatoms. The Morgan fingerprint density at radius 2 is 2.00 bits per heavy atom. The summed E-state index contributed by atoms with van der Waals surface area (Å²) in [6.45, 7) is 5.94. The van der Waals surface area contributed by atoms with E-state index in [0.717, 1.165) is 5.56 Å². The number of hydrogen-bond acceptors (Lipinski definition) is 5. The van der Waals surface area contributed by atoms with Crippen molar-refractivity contribution in [3.8, 4) is 0 Å². The molecule has 0 saturated carbocycles. The van der Waals surface area contributed by atoms with E-state index < -0.39 is 16.0 Å². The standard InChI is InChI=1S/C15H24N2O4S/c1-10(2)7-12(9-16)17-22(19,20)14-6-5-11(3)8-13(14)15(18)21-4/h5-6,8,10,12,17H,7,9,16H2,1-4H3. The summed E-state index contributed by atoms with van der Waals surface area (Å²) in [5.74, 6) is -0.383. The number of nitrogens with two attached hydrogens (primary N) is 1. The second-order valence-electron chi connectivity index (χ2n) is 5.67. The van der Waals surface area contributed by atoms with Crippen molar-refractivity contribution in [2.45, 2.75) is 38.1 Å². The van der Waals surface area contributed by atoms with E-state index >= 15 is 0 Å². The highest BCUT2D eigenvalue weighted by Gasteiger charge is 2.25. The van der Waals surface area contributed by atoms with Gasteiger partial charge in [0.05, 0.1) is 17.6 Å². The van der Waals surface area contributed by atoms with Crippen molar-refractivity contribution in [2.75, 3.05) is 13.7 Å². The van der Waals surface area contributed by atoms with Gasteiger partial charge in [0.1, 0.15) is 0 Å². The van der Waals surface area contributed by atoms with Gasteiger partial charge in [0, 0.05) is 12.6 Å². The second-order valence-corrected chi connectivity index (χ2v) is 7.36. The summed E-state index contributed by atoms with van der Waals surface area (Å²) in [6, 6.07) is 4.17. The van der Waals surface area contributed by atoms with Crippen molar-refractivity contribution < 1.29 is 17.9 Å². The van der Waals surface area contributed by atoms with E-state index in [-0.39, 0.29) is 23.0 Å². The predicted molar refractivity (Wildman–Crippen MR) is 85.1 cm³/mol. The topological polar surface area (TPSA) is 98.5 Å². The average Bonchev–Trinajstić information content (AvgIpc) is 2.44. The lowest BCUT2D eigenvalue weighted by Gasteiger charge is -2.19. The van der Waals surface area contributed by atoms with Crippen LogP contribution in [0.4, 0.5) is 0 Å². The number of rotatable bonds is 7. The molecule has 0 amide bonds. The quantitative estimate of drug-likeness (QED) is 0.738. The van der Waals surface area contributed by atoms with Gasteiger partial charge in [-0.3, -0.25) is 0 Å². The molecule has 0 aliphatic rings. The Bertz CT molecular complexity index is 626. The maximum Gasteiger partial charge on any atom is 0.339 e. The molecule has 1 rings (SSSR count). The molecule has 0 aromatic heterocycles. The van der Waals surface area contributed by atoms with Crippen molar-refractivity contribution in [3.05, 3.63) is 29.3 Å². The van der Waals surface area contributed by atoms with Gasteiger partial charge in [-0.2, -0.15) is 0 Å². The molecule has 3 N–H and O–H groups in total. The van der Waals surface area contributed by atoms with Crippen molar-refractivity contribution in [1.29, 1.82) is 0 Å². The fourth-order valence-corrected chi connectivity index (χ4v) is 3.63. The highest BCUT2D eigenvalue weighted by Crippen LogP contribution is 2.19. The Labute approximate surface area is 132 Å². The van der Waals surface area contributed by atoms with Gasteiger partial charge in [-0.25, -0.2) is 17.9 Å². The van der Waals surface area contributed by atoms with Gasteiger partial charge < -0.3 is 10.5 Å². The zero-order chi connectivity index (χ0) is 16.9. The zero-order valence-electron chi connectivity index (χ0n) is 13.4. The van der Waals surface area contributed by atoms with Crippen LogP contribution in [-0.2, 0) is 14.8 Å². The van der Waals surface area contributed by atoms with Crippen molar-refractivity contribution >= 4 is 16.0 Å². The Morgan fingerprint density at radius 3 is 2.50 bits per heavy atom. The van der Waals surface area contributed by atoms with Crippen LogP contribution in [0.2, 0.25) is 0 Å². The van der Waals surface area contributed by atoms with E-state index in [2.05, 4.69) is 9.46 Å². The third-order valence-electron chi connectivity index (χ3n) is 3.19. The highest BCUT2D eigenvalue weighted by molar-refractivity contribution is 7.89. The Morgan fingerprint density at radius 1 is 1.36 bits per heavy atom. The van der Waals surface area contributed by atoms with Gasteiger partial charge >= 0.3 is 5.97 Å². The first-order chi connectivity index (χ1) is 10.2. The van der Waals surface area contributed by atoms with Gasteiger partial charge in [-0.05, 0) is 31.4 Å². The molecule has 0 saturated heterocycles. The van der Waals surface area contributed by atoms with Gasteiger partial charge in [-0.1, -0.05) is 25.5 Å². The van der Waals surface area contributed by atoms with Crippen LogP contribution >= 0.6 is 0 Å². The molecular formula is C15H24N2O4S. The maximum absolute atomic E-state index is 12.6. The van der Waals surface area contributed by atoms with Crippen LogP contribution in [0.3, 0.4) is 0 Å². The van der Waals surface area contributed by atoms with Crippen molar-refractivity contribution in [2.24, 2.45) is 11.7 Å². The highest BCUT2D eigenvalue weighted by atomic mass is 32.2. The monoisotopic (exact) mass is 328 g/mol. The molecule has 6 nitrogen and oxygen atoms in total. The maximum atomic E-state index is 12.6. The number of ether oxygens (including phenoxy) is 1. The van der Waals surface area contributed by atoms with E-state index in [1.165, 1.54) is 19.2 Å². The first-order valence-corrected chi connectivity index (χ1v) is 8.61. The lowest BCUT2D eigenvalue weighted by Crippen LogP contribution is -2.41. The minimum Gasteiger partial charge on any atom is -0.465 e. The van der Waals surface area contributed by atoms with Crippen LogP contribution in [0.1, 0.15) is 36.2 Å². The number of methoxy groups -OCH3 is 1. The number of esters is 1. The Hall–Kier alpha value is -1.44. The van der Waals surface area contributed by atoms with Crippen LogP contribution in [0, 0.1) is 12.8 Å². The fourth-order valence-electron chi connectivity index (χ4n) is 2.19. The summed E-state index contributed by atoms with van der Waals surface area (Å²) in [5.41, 5.74) is 6.43. The first kappa shape index (κ1) is 18.6. The molecule has 0 fully saturated rings. The number of aryl methyl sites for hydroxylation is 1.